The molecule has 3 heterocycles. The maximum Gasteiger partial charge on any atom is 0.160 e. The van der Waals surface area contributed by atoms with E-state index in [0.29, 0.717) is 5.82 Å². The molecule has 280 valence electrons. The van der Waals surface area contributed by atoms with Crippen LogP contribution in [0.5, 0.6) is 0 Å². The Bertz CT molecular complexity index is 3580. The molecule has 0 atom stereocenters. The van der Waals surface area contributed by atoms with Gasteiger partial charge in [0.1, 0.15) is 0 Å². The lowest BCUT2D eigenvalue weighted by Gasteiger charge is -2.12. The van der Waals surface area contributed by atoms with Crippen molar-refractivity contribution in [1.82, 2.24) is 19.1 Å². The quantitative estimate of drug-likeness (QED) is 0.169. The van der Waals surface area contributed by atoms with E-state index in [2.05, 4.69) is 209 Å². The van der Waals surface area contributed by atoms with Gasteiger partial charge >= 0.3 is 0 Å². The number of para-hydroxylation sites is 3. The third kappa shape index (κ3) is 5.53. The Morgan fingerprint density at radius 2 is 0.800 bits per heavy atom. The maximum atomic E-state index is 5.20. The first kappa shape index (κ1) is 34.0. The molecule has 9 aromatic carbocycles. The van der Waals surface area contributed by atoms with Crippen molar-refractivity contribution in [2.75, 3.05) is 0 Å². The fourth-order valence-electron chi connectivity index (χ4n) is 9.13. The zero-order chi connectivity index (χ0) is 39.6. The first-order valence-electron chi connectivity index (χ1n) is 20.4. The molecule has 0 spiro atoms. The van der Waals surface area contributed by atoms with Crippen LogP contribution in [-0.4, -0.2) is 19.1 Å². The molecular formula is C56H36N4. The molecule has 4 nitrogen and oxygen atoms in total. The fraction of sp³-hybridized carbons (Fsp3) is 0. The lowest BCUT2D eigenvalue weighted by Crippen LogP contribution is -1.96. The van der Waals surface area contributed by atoms with Gasteiger partial charge in [-0.3, -0.25) is 0 Å². The van der Waals surface area contributed by atoms with Gasteiger partial charge in [0.2, 0.25) is 0 Å². The molecule has 0 aliphatic rings. The number of aromatic nitrogens is 4. The maximum absolute atomic E-state index is 5.20. The summed E-state index contributed by atoms with van der Waals surface area (Å²) in [6.07, 6.45) is 0. The Labute approximate surface area is 346 Å². The van der Waals surface area contributed by atoms with E-state index in [4.69, 9.17) is 9.97 Å². The molecule has 0 N–H and O–H groups in total. The topological polar surface area (TPSA) is 35.6 Å². The highest BCUT2D eigenvalue weighted by atomic mass is 15.0. The summed E-state index contributed by atoms with van der Waals surface area (Å²) in [6.45, 7) is 0. The number of hydrogen-bond donors (Lipinski definition) is 0. The fourth-order valence-corrected chi connectivity index (χ4v) is 9.13. The molecule has 12 rings (SSSR count). The summed E-state index contributed by atoms with van der Waals surface area (Å²) in [5.74, 6) is 0.701. The predicted octanol–water partition coefficient (Wildman–Crippen LogP) is 14.5. The van der Waals surface area contributed by atoms with Crippen LogP contribution in [0.2, 0.25) is 0 Å². The SMILES string of the molecule is c1ccc(-c2cccc(-c3cc(-c4ccc5ccc(-n6c7ccccc7c7c8c9ccccc9n(-c9ccccc9)c8ccc76)cc5c4)nc(-c4ccccc4)n3)c2)cc1. The molecule has 0 fully saturated rings. The van der Waals surface area contributed by atoms with E-state index in [9.17, 15) is 0 Å². The van der Waals surface area contributed by atoms with E-state index in [-0.39, 0.29) is 0 Å². The van der Waals surface area contributed by atoms with E-state index in [1.807, 2.05) is 18.2 Å². The largest absolute Gasteiger partial charge is 0.309 e. The van der Waals surface area contributed by atoms with E-state index in [0.717, 1.165) is 50.4 Å². The van der Waals surface area contributed by atoms with Gasteiger partial charge in [-0.25, -0.2) is 9.97 Å². The van der Waals surface area contributed by atoms with E-state index in [1.54, 1.807) is 0 Å². The zero-order valence-corrected chi connectivity index (χ0v) is 32.6. The smallest absolute Gasteiger partial charge is 0.160 e. The van der Waals surface area contributed by atoms with Crippen molar-refractivity contribution in [3.8, 4) is 56.4 Å². The Morgan fingerprint density at radius 1 is 0.283 bits per heavy atom. The van der Waals surface area contributed by atoms with Gasteiger partial charge in [-0.2, -0.15) is 0 Å². The summed E-state index contributed by atoms with van der Waals surface area (Å²) in [7, 11) is 0. The Kier molecular flexibility index (Phi) is 7.82. The molecular weight excluding hydrogens is 729 g/mol. The minimum absolute atomic E-state index is 0.701. The van der Waals surface area contributed by atoms with Crippen molar-refractivity contribution in [2.45, 2.75) is 0 Å². The van der Waals surface area contributed by atoms with E-state index in [1.165, 1.54) is 54.6 Å². The monoisotopic (exact) mass is 764 g/mol. The standard InChI is InChI=1S/C56H36N4/c1-4-15-37(16-5-1)40-19-14-20-41(33-40)48-36-49(58-56(57-48)39-17-6-2-7-18-39)42-28-27-38-29-30-45(35-43(38)34-42)60-51-26-13-11-24-47(51)55-53(60)32-31-52-54(55)46-23-10-12-25-50(46)59(52)44-21-8-3-9-22-44/h1-36H. The van der Waals surface area contributed by atoms with Gasteiger partial charge in [0.05, 0.1) is 33.5 Å². The van der Waals surface area contributed by atoms with Crippen molar-refractivity contribution in [1.29, 1.82) is 0 Å². The molecule has 3 aromatic heterocycles. The van der Waals surface area contributed by atoms with Crippen LogP contribution in [0.1, 0.15) is 0 Å². The molecule has 12 aromatic rings. The van der Waals surface area contributed by atoms with Crippen LogP contribution in [0.15, 0.2) is 218 Å². The molecule has 4 heteroatoms. The van der Waals surface area contributed by atoms with Crippen LogP contribution < -0.4 is 0 Å². The Balaban J connectivity index is 1.03. The second-order valence-corrected chi connectivity index (χ2v) is 15.4. The molecule has 0 aliphatic heterocycles. The lowest BCUT2D eigenvalue weighted by atomic mass is 10.00. The molecule has 0 bridgehead atoms. The van der Waals surface area contributed by atoms with Gasteiger partial charge in [-0.15, -0.1) is 0 Å². The van der Waals surface area contributed by atoms with Gasteiger partial charge in [0, 0.05) is 49.6 Å². The van der Waals surface area contributed by atoms with Gasteiger partial charge < -0.3 is 9.13 Å². The van der Waals surface area contributed by atoms with Crippen LogP contribution in [0.25, 0.3) is 111 Å². The van der Waals surface area contributed by atoms with Gasteiger partial charge in [0.15, 0.2) is 5.82 Å². The minimum Gasteiger partial charge on any atom is -0.309 e. The summed E-state index contributed by atoms with van der Waals surface area (Å²) in [5.41, 5.74) is 14.2. The highest BCUT2D eigenvalue weighted by Gasteiger charge is 2.21. The average Bonchev–Trinajstić information content (AvgIpc) is 3.85. The predicted molar refractivity (Wildman–Crippen MR) is 250 cm³/mol. The molecule has 0 aliphatic carbocycles. The third-order valence-corrected chi connectivity index (χ3v) is 11.9. The normalized spacial score (nSPS) is 11.7. The van der Waals surface area contributed by atoms with E-state index >= 15 is 0 Å². The molecule has 0 amide bonds. The van der Waals surface area contributed by atoms with Crippen LogP contribution in [0.4, 0.5) is 0 Å². The number of fused-ring (bicyclic) bond motifs is 8. The summed E-state index contributed by atoms with van der Waals surface area (Å²) in [6, 6.07) is 77.9. The molecule has 0 saturated heterocycles. The zero-order valence-electron chi connectivity index (χ0n) is 32.6. The molecule has 60 heavy (non-hydrogen) atoms. The van der Waals surface area contributed by atoms with Crippen molar-refractivity contribution in [3.05, 3.63) is 218 Å². The highest BCUT2D eigenvalue weighted by molar-refractivity contribution is 6.29. The van der Waals surface area contributed by atoms with Crippen LogP contribution >= 0.6 is 0 Å². The van der Waals surface area contributed by atoms with Crippen molar-refractivity contribution < 1.29 is 0 Å². The number of hydrogen-bond acceptors (Lipinski definition) is 2. The van der Waals surface area contributed by atoms with Crippen molar-refractivity contribution >= 4 is 54.4 Å². The highest BCUT2D eigenvalue weighted by Crippen LogP contribution is 2.43. The Hall–Kier alpha value is -8.08. The minimum atomic E-state index is 0.701. The second kappa shape index (κ2) is 13.8. The first-order chi connectivity index (χ1) is 29.7. The van der Waals surface area contributed by atoms with Crippen LogP contribution in [-0.2, 0) is 0 Å². The summed E-state index contributed by atoms with van der Waals surface area (Å²) in [4.78, 5) is 10.3. The van der Waals surface area contributed by atoms with Gasteiger partial charge in [-0.1, -0.05) is 152 Å². The number of rotatable bonds is 6. The van der Waals surface area contributed by atoms with Crippen molar-refractivity contribution in [2.24, 2.45) is 0 Å². The van der Waals surface area contributed by atoms with Crippen LogP contribution in [0.3, 0.4) is 0 Å². The first-order valence-corrected chi connectivity index (χ1v) is 20.4. The van der Waals surface area contributed by atoms with E-state index < -0.39 is 0 Å². The van der Waals surface area contributed by atoms with Gasteiger partial charge in [-0.05, 0) is 88.6 Å². The molecule has 0 unspecified atom stereocenters. The molecule has 0 radical (unpaired) electrons. The summed E-state index contributed by atoms with van der Waals surface area (Å²) >= 11 is 0. The second-order valence-electron chi connectivity index (χ2n) is 15.4. The summed E-state index contributed by atoms with van der Waals surface area (Å²) < 4.78 is 4.83. The van der Waals surface area contributed by atoms with Crippen molar-refractivity contribution in [3.63, 3.8) is 0 Å². The molecule has 0 saturated carbocycles. The number of nitrogens with zero attached hydrogens (tertiary/aromatic N) is 4. The summed E-state index contributed by atoms with van der Waals surface area (Å²) in [5, 5.41) is 7.34. The Morgan fingerprint density at radius 3 is 1.47 bits per heavy atom. The lowest BCUT2D eigenvalue weighted by molar-refractivity contribution is 1.17. The van der Waals surface area contributed by atoms with Gasteiger partial charge in [0.25, 0.3) is 0 Å². The van der Waals surface area contributed by atoms with Crippen LogP contribution in [0, 0.1) is 0 Å². The third-order valence-electron chi connectivity index (χ3n) is 11.9. The average molecular weight is 765 g/mol. The number of benzene rings is 9.